The summed E-state index contributed by atoms with van der Waals surface area (Å²) in [6.07, 6.45) is 2.92. The van der Waals surface area contributed by atoms with E-state index in [0.29, 0.717) is 5.82 Å². The molecule has 0 saturated carbocycles. The molecule has 6 nitrogen and oxygen atoms in total. The van der Waals surface area contributed by atoms with Crippen molar-refractivity contribution >= 4 is 17.7 Å². The Bertz CT molecular complexity index is 597. The molecule has 0 fully saturated rings. The van der Waals surface area contributed by atoms with Gasteiger partial charge >= 0.3 is 5.69 Å². The Kier molecular flexibility index (Phi) is 3.29. The third kappa shape index (κ3) is 2.49. The van der Waals surface area contributed by atoms with E-state index < -0.39 is 10.7 Å². The number of para-hydroxylation sites is 1. The van der Waals surface area contributed by atoms with Gasteiger partial charge in [-0.1, -0.05) is 12.1 Å². The Morgan fingerprint density at radius 1 is 1.28 bits per heavy atom. The molecule has 0 spiro atoms. The van der Waals surface area contributed by atoms with Crippen molar-refractivity contribution in [1.82, 2.24) is 4.98 Å². The zero-order chi connectivity index (χ0) is 13.0. The summed E-state index contributed by atoms with van der Waals surface area (Å²) in [4.78, 5) is 18.0. The minimum atomic E-state index is -0.645. The quantitative estimate of drug-likeness (QED) is 0.509. The maximum atomic E-state index is 10.6. The lowest BCUT2D eigenvalue weighted by atomic mass is 10.2. The van der Waals surface area contributed by atoms with Gasteiger partial charge < -0.3 is 5.11 Å². The van der Waals surface area contributed by atoms with Gasteiger partial charge in [-0.25, -0.2) is 9.98 Å². The summed E-state index contributed by atoms with van der Waals surface area (Å²) in [5.74, 6) is 0.0607. The molecule has 0 amide bonds. The molecule has 1 heterocycles. The second-order valence-corrected chi connectivity index (χ2v) is 3.42. The van der Waals surface area contributed by atoms with Crippen LogP contribution in [0.4, 0.5) is 11.5 Å². The molecule has 0 bridgehead atoms. The first kappa shape index (κ1) is 11.7. The lowest BCUT2D eigenvalue weighted by Crippen LogP contribution is -1.91. The van der Waals surface area contributed by atoms with Gasteiger partial charge in [0, 0.05) is 24.0 Å². The second kappa shape index (κ2) is 5.05. The van der Waals surface area contributed by atoms with E-state index in [4.69, 9.17) is 0 Å². The molecule has 0 atom stereocenters. The molecule has 18 heavy (non-hydrogen) atoms. The van der Waals surface area contributed by atoms with E-state index in [1.165, 1.54) is 24.4 Å². The van der Waals surface area contributed by atoms with Crippen LogP contribution in [-0.4, -0.2) is 21.2 Å². The Balaban J connectivity index is 2.33. The van der Waals surface area contributed by atoms with Gasteiger partial charge in [-0.2, -0.15) is 0 Å². The first-order chi connectivity index (χ1) is 8.68. The number of benzene rings is 1. The average molecular weight is 243 g/mol. The van der Waals surface area contributed by atoms with Gasteiger partial charge in [0.15, 0.2) is 5.82 Å². The van der Waals surface area contributed by atoms with Crippen molar-refractivity contribution in [1.29, 1.82) is 0 Å². The fourth-order valence-electron chi connectivity index (χ4n) is 1.37. The molecule has 0 saturated heterocycles. The lowest BCUT2D eigenvalue weighted by Gasteiger charge is -1.99. The molecule has 0 aliphatic rings. The lowest BCUT2D eigenvalue weighted by molar-refractivity contribution is -0.385. The number of aromatic hydroxyl groups is 1. The Hall–Kier alpha value is -2.76. The molecular formula is C12H9N3O3. The SMILES string of the molecule is O=[N+]([O-])c1cccc(C=Nc2ccccn2)c1O. The van der Waals surface area contributed by atoms with Crippen molar-refractivity contribution in [2.24, 2.45) is 4.99 Å². The van der Waals surface area contributed by atoms with Crippen LogP contribution in [0.1, 0.15) is 5.56 Å². The number of phenolic OH excluding ortho intramolecular Hbond substituents is 1. The van der Waals surface area contributed by atoms with Crippen molar-refractivity contribution in [2.75, 3.05) is 0 Å². The van der Waals surface area contributed by atoms with Crippen molar-refractivity contribution in [3.8, 4) is 5.75 Å². The van der Waals surface area contributed by atoms with Crippen molar-refractivity contribution in [2.45, 2.75) is 0 Å². The summed E-state index contributed by atoms with van der Waals surface area (Å²) in [5, 5.41) is 20.3. The highest BCUT2D eigenvalue weighted by Gasteiger charge is 2.14. The predicted molar refractivity (Wildman–Crippen MR) is 66.3 cm³/mol. The van der Waals surface area contributed by atoms with Crippen LogP contribution in [0, 0.1) is 10.1 Å². The van der Waals surface area contributed by atoms with Gasteiger partial charge in [0.25, 0.3) is 0 Å². The average Bonchev–Trinajstić information content (AvgIpc) is 2.38. The zero-order valence-corrected chi connectivity index (χ0v) is 9.22. The Morgan fingerprint density at radius 3 is 2.78 bits per heavy atom. The summed E-state index contributed by atoms with van der Waals surface area (Å²) in [7, 11) is 0. The van der Waals surface area contributed by atoms with Crippen LogP contribution in [0.3, 0.4) is 0 Å². The minimum Gasteiger partial charge on any atom is -0.502 e. The summed E-state index contributed by atoms with van der Waals surface area (Å²) in [6.45, 7) is 0. The maximum Gasteiger partial charge on any atom is 0.311 e. The number of hydrogen-bond acceptors (Lipinski definition) is 5. The third-order valence-corrected chi connectivity index (χ3v) is 2.23. The number of hydrogen-bond donors (Lipinski definition) is 1. The smallest absolute Gasteiger partial charge is 0.311 e. The van der Waals surface area contributed by atoms with Crippen molar-refractivity contribution in [3.63, 3.8) is 0 Å². The van der Waals surface area contributed by atoms with Crippen LogP contribution in [0.25, 0.3) is 0 Å². The van der Waals surface area contributed by atoms with Gasteiger partial charge in [0.05, 0.1) is 4.92 Å². The first-order valence-electron chi connectivity index (χ1n) is 5.10. The highest BCUT2D eigenvalue weighted by molar-refractivity contribution is 5.86. The summed E-state index contributed by atoms with van der Waals surface area (Å²) in [6, 6.07) is 9.46. The van der Waals surface area contributed by atoms with Crippen molar-refractivity contribution < 1.29 is 10.0 Å². The van der Waals surface area contributed by atoms with E-state index in [1.54, 1.807) is 24.4 Å². The van der Waals surface area contributed by atoms with Gasteiger partial charge in [0.2, 0.25) is 5.75 Å². The third-order valence-electron chi connectivity index (χ3n) is 2.23. The number of aromatic nitrogens is 1. The van der Waals surface area contributed by atoms with Crippen LogP contribution < -0.4 is 0 Å². The highest BCUT2D eigenvalue weighted by atomic mass is 16.6. The van der Waals surface area contributed by atoms with Crippen molar-refractivity contribution in [3.05, 3.63) is 58.3 Å². The van der Waals surface area contributed by atoms with E-state index in [1.807, 2.05) is 0 Å². The predicted octanol–water partition coefficient (Wildman–Crippen LogP) is 2.45. The van der Waals surface area contributed by atoms with Gasteiger partial charge in [-0.15, -0.1) is 0 Å². The first-order valence-corrected chi connectivity index (χ1v) is 5.10. The largest absolute Gasteiger partial charge is 0.502 e. The fourth-order valence-corrected chi connectivity index (χ4v) is 1.37. The molecular weight excluding hydrogens is 234 g/mol. The van der Waals surface area contributed by atoms with Crippen LogP contribution >= 0.6 is 0 Å². The number of aliphatic imine (C=N–C) groups is 1. The molecule has 1 N–H and O–H groups in total. The number of nitro groups is 1. The van der Waals surface area contributed by atoms with Crippen LogP contribution in [0.2, 0.25) is 0 Å². The van der Waals surface area contributed by atoms with Crippen LogP contribution in [-0.2, 0) is 0 Å². The standard InChI is InChI=1S/C12H9N3O3/c16-12-9(4-3-5-10(12)15(17)18)8-14-11-6-1-2-7-13-11/h1-8,16H. The second-order valence-electron chi connectivity index (χ2n) is 3.42. The maximum absolute atomic E-state index is 10.6. The molecule has 1 aromatic carbocycles. The Labute approximate surface area is 102 Å². The topological polar surface area (TPSA) is 88.6 Å². The summed E-state index contributed by atoms with van der Waals surface area (Å²) < 4.78 is 0. The molecule has 0 aliphatic carbocycles. The highest BCUT2D eigenvalue weighted by Crippen LogP contribution is 2.28. The minimum absolute atomic E-state index is 0.273. The van der Waals surface area contributed by atoms with E-state index in [2.05, 4.69) is 9.98 Å². The molecule has 2 rings (SSSR count). The summed E-state index contributed by atoms with van der Waals surface area (Å²) >= 11 is 0. The number of nitro benzene ring substituents is 1. The van der Waals surface area contributed by atoms with E-state index >= 15 is 0 Å². The molecule has 1 aromatic heterocycles. The van der Waals surface area contributed by atoms with Gasteiger partial charge in [-0.05, 0) is 18.2 Å². The van der Waals surface area contributed by atoms with E-state index in [0.717, 1.165) is 0 Å². The fraction of sp³-hybridized carbons (Fsp3) is 0. The molecule has 6 heteroatoms. The van der Waals surface area contributed by atoms with Gasteiger partial charge in [0.1, 0.15) is 0 Å². The molecule has 2 aromatic rings. The number of rotatable bonds is 3. The zero-order valence-electron chi connectivity index (χ0n) is 9.22. The monoisotopic (exact) mass is 243 g/mol. The van der Waals surface area contributed by atoms with E-state index in [-0.39, 0.29) is 11.3 Å². The molecule has 0 aliphatic heterocycles. The normalized spacial score (nSPS) is 10.7. The molecule has 0 unspecified atom stereocenters. The number of pyridine rings is 1. The summed E-state index contributed by atoms with van der Waals surface area (Å²) in [5.41, 5.74) is -0.0742. The molecule has 0 radical (unpaired) electrons. The Morgan fingerprint density at radius 2 is 2.11 bits per heavy atom. The van der Waals surface area contributed by atoms with Gasteiger partial charge in [-0.3, -0.25) is 10.1 Å². The van der Waals surface area contributed by atoms with Crippen LogP contribution in [0.5, 0.6) is 5.75 Å². The van der Waals surface area contributed by atoms with E-state index in [9.17, 15) is 15.2 Å². The number of phenols is 1. The molecule has 90 valence electrons. The number of nitrogens with zero attached hydrogens (tertiary/aromatic N) is 3. The van der Waals surface area contributed by atoms with Crippen LogP contribution in [0.15, 0.2) is 47.6 Å².